The number of carboxylic acids is 1. The molecule has 0 spiro atoms. The van der Waals surface area contributed by atoms with Crippen molar-refractivity contribution in [2.45, 2.75) is 4.90 Å². The van der Waals surface area contributed by atoms with Crippen LogP contribution in [0.15, 0.2) is 66.1 Å². The van der Waals surface area contributed by atoms with Gasteiger partial charge in [-0.05, 0) is 36.4 Å². The Labute approximate surface area is 145 Å². The second-order valence-electron chi connectivity index (χ2n) is 4.98. The molecule has 2 rings (SSSR count). The van der Waals surface area contributed by atoms with E-state index in [1.54, 1.807) is 12.1 Å². The first-order valence-corrected chi connectivity index (χ1v) is 8.68. The summed E-state index contributed by atoms with van der Waals surface area (Å²) in [4.78, 5) is 22.8. The van der Waals surface area contributed by atoms with Crippen LogP contribution >= 0.6 is 0 Å². The standard InChI is InChI=1S/C17H16N2O5S/c1-2-11-18-16(20)14-5-3-4-6-15(14)19-25(23,24)13-9-7-12(8-10-13)17(21)22/h2-10,19H,1,11H2,(H,18,20)(H,21,22). The maximum absolute atomic E-state index is 12.5. The number of hydrogen-bond donors (Lipinski definition) is 3. The molecule has 0 atom stereocenters. The summed E-state index contributed by atoms with van der Waals surface area (Å²) >= 11 is 0. The molecule has 1 amide bonds. The summed E-state index contributed by atoms with van der Waals surface area (Å²) in [6.07, 6.45) is 1.51. The minimum absolute atomic E-state index is 0.0249. The highest BCUT2D eigenvalue weighted by molar-refractivity contribution is 7.92. The van der Waals surface area contributed by atoms with Crippen LogP contribution in [0.5, 0.6) is 0 Å². The normalized spacial score (nSPS) is 10.7. The van der Waals surface area contributed by atoms with Gasteiger partial charge in [-0.2, -0.15) is 0 Å². The topological polar surface area (TPSA) is 113 Å². The molecule has 130 valence electrons. The molecular weight excluding hydrogens is 344 g/mol. The fourth-order valence-corrected chi connectivity index (χ4v) is 3.09. The van der Waals surface area contributed by atoms with Gasteiger partial charge in [-0.15, -0.1) is 6.58 Å². The van der Waals surface area contributed by atoms with Crippen molar-refractivity contribution in [1.29, 1.82) is 0 Å². The maximum atomic E-state index is 12.5. The Morgan fingerprint density at radius 3 is 2.32 bits per heavy atom. The monoisotopic (exact) mass is 360 g/mol. The van der Waals surface area contributed by atoms with Gasteiger partial charge in [0.05, 0.1) is 21.7 Å². The average molecular weight is 360 g/mol. The highest BCUT2D eigenvalue weighted by atomic mass is 32.2. The summed E-state index contributed by atoms with van der Waals surface area (Å²) in [6, 6.07) is 10.9. The largest absolute Gasteiger partial charge is 0.478 e. The highest BCUT2D eigenvalue weighted by Gasteiger charge is 2.18. The van der Waals surface area contributed by atoms with Crippen molar-refractivity contribution >= 4 is 27.6 Å². The second-order valence-corrected chi connectivity index (χ2v) is 6.66. The molecule has 2 aromatic rings. The molecule has 0 saturated heterocycles. The molecule has 0 aromatic heterocycles. The Bertz CT molecular complexity index is 905. The summed E-state index contributed by atoms with van der Waals surface area (Å²) in [5.74, 6) is -1.60. The molecule has 0 aliphatic heterocycles. The predicted octanol–water partition coefficient (Wildman–Crippen LogP) is 2.10. The molecule has 3 N–H and O–H groups in total. The van der Waals surface area contributed by atoms with Gasteiger partial charge in [0, 0.05) is 6.54 Å². The van der Waals surface area contributed by atoms with Gasteiger partial charge < -0.3 is 10.4 Å². The third-order valence-corrected chi connectivity index (χ3v) is 4.62. The maximum Gasteiger partial charge on any atom is 0.335 e. The van der Waals surface area contributed by atoms with Crippen molar-refractivity contribution in [3.8, 4) is 0 Å². The summed E-state index contributed by atoms with van der Waals surface area (Å²) < 4.78 is 27.3. The Hall–Kier alpha value is -3.13. The van der Waals surface area contributed by atoms with Crippen molar-refractivity contribution in [2.24, 2.45) is 0 Å². The van der Waals surface area contributed by atoms with E-state index >= 15 is 0 Å². The van der Waals surface area contributed by atoms with E-state index in [4.69, 9.17) is 5.11 Å². The lowest BCUT2D eigenvalue weighted by molar-refractivity contribution is 0.0696. The number of aromatic carboxylic acids is 1. The molecule has 7 nitrogen and oxygen atoms in total. The Kier molecular flexibility index (Phi) is 5.56. The molecule has 0 heterocycles. The molecule has 0 saturated carbocycles. The van der Waals surface area contributed by atoms with Crippen LogP contribution < -0.4 is 10.0 Å². The number of benzene rings is 2. The lowest BCUT2D eigenvalue weighted by Crippen LogP contribution is -2.25. The Morgan fingerprint density at radius 1 is 1.08 bits per heavy atom. The molecule has 0 radical (unpaired) electrons. The number of carbonyl (C=O) groups is 2. The van der Waals surface area contributed by atoms with E-state index in [-0.39, 0.29) is 28.3 Å². The number of amides is 1. The van der Waals surface area contributed by atoms with Gasteiger partial charge in [0.15, 0.2) is 0 Å². The molecule has 0 unspecified atom stereocenters. The van der Waals surface area contributed by atoms with Crippen LogP contribution in [0.4, 0.5) is 5.69 Å². The van der Waals surface area contributed by atoms with Gasteiger partial charge >= 0.3 is 5.97 Å². The Morgan fingerprint density at radius 2 is 1.72 bits per heavy atom. The number of carboxylic acid groups (broad SMARTS) is 1. The van der Waals surface area contributed by atoms with E-state index < -0.39 is 21.9 Å². The number of anilines is 1. The zero-order chi connectivity index (χ0) is 18.4. The third-order valence-electron chi connectivity index (χ3n) is 3.23. The van der Waals surface area contributed by atoms with E-state index in [1.165, 1.54) is 42.5 Å². The lowest BCUT2D eigenvalue weighted by Gasteiger charge is -2.12. The third kappa shape index (κ3) is 4.45. The zero-order valence-corrected chi connectivity index (χ0v) is 13.9. The minimum Gasteiger partial charge on any atom is -0.478 e. The molecular formula is C17H16N2O5S. The van der Waals surface area contributed by atoms with Gasteiger partial charge in [0.1, 0.15) is 0 Å². The predicted molar refractivity (Wildman–Crippen MR) is 93.2 cm³/mol. The van der Waals surface area contributed by atoms with Crippen molar-refractivity contribution in [3.63, 3.8) is 0 Å². The number of rotatable bonds is 7. The van der Waals surface area contributed by atoms with E-state index in [2.05, 4.69) is 16.6 Å². The number of sulfonamides is 1. The van der Waals surface area contributed by atoms with Crippen LogP contribution in [0.25, 0.3) is 0 Å². The first-order valence-electron chi connectivity index (χ1n) is 7.19. The molecule has 0 aliphatic carbocycles. The van der Waals surface area contributed by atoms with Gasteiger partial charge in [0.25, 0.3) is 15.9 Å². The lowest BCUT2D eigenvalue weighted by atomic mass is 10.1. The fraction of sp³-hybridized carbons (Fsp3) is 0.0588. The second kappa shape index (κ2) is 7.63. The number of para-hydroxylation sites is 1. The minimum atomic E-state index is -3.98. The number of nitrogens with one attached hydrogen (secondary N) is 2. The summed E-state index contributed by atoms with van der Waals surface area (Å²) in [5, 5.41) is 11.4. The van der Waals surface area contributed by atoms with Crippen molar-refractivity contribution in [2.75, 3.05) is 11.3 Å². The quantitative estimate of drug-likeness (QED) is 0.655. The van der Waals surface area contributed by atoms with Crippen LogP contribution in [0, 0.1) is 0 Å². The molecule has 8 heteroatoms. The van der Waals surface area contributed by atoms with E-state index in [9.17, 15) is 18.0 Å². The van der Waals surface area contributed by atoms with Crippen LogP contribution in [0.3, 0.4) is 0 Å². The molecule has 2 aromatic carbocycles. The van der Waals surface area contributed by atoms with Crippen LogP contribution in [0.1, 0.15) is 20.7 Å². The van der Waals surface area contributed by atoms with Crippen molar-refractivity contribution < 1.29 is 23.1 Å². The highest BCUT2D eigenvalue weighted by Crippen LogP contribution is 2.20. The van der Waals surface area contributed by atoms with Gasteiger partial charge in [0.2, 0.25) is 0 Å². The van der Waals surface area contributed by atoms with E-state index in [0.717, 1.165) is 0 Å². The molecule has 25 heavy (non-hydrogen) atoms. The first kappa shape index (κ1) is 18.2. The first-order chi connectivity index (χ1) is 11.8. The summed E-state index contributed by atoms with van der Waals surface area (Å²) in [6.45, 7) is 3.75. The van der Waals surface area contributed by atoms with Crippen LogP contribution in [-0.2, 0) is 10.0 Å². The van der Waals surface area contributed by atoms with Gasteiger partial charge in [-0.25, -0.2) is 13.2 Å². The molecule has 0 bridgehead atoms. The van der Waals surface area contributed by atoms with Crippen LogP contribution in [0.2, 0.25) is 0 Å². The van der Waals surface area contributed by atoms with Crippen molar-refractivity contribution in [3.05, 3.63) is 72.3 Å². The average Bonchev–Trinajstić information content (AvgIpc) is 2.60. The molecule has 0 aliphatic rings. The smallest absolute Gasteiger partial charge is 0.335 e. The number of carbonyl (C=O) groups excluding carboxylic acids is 1. The Balaban J connectivity index is 2.30. The van der Waals surface area contributed by atoms with Crippen LogP contribution in [-0.4, -0.2) is 31.9 Å². The van der Waals surface area contributed by atoms with Gasteiger partial charge in [-0.1, -0.05) is 18.2 Å². The summed E-state index contributed by atoms with van der Waals surface area (Å²) in [7, 11) is -3.98. The number of hydrogen-bond acceptors (Lipinski definition) is 4. The summed E-state index contributed by atoms with van der Waals surface area (Å²) in [5.41, 5.74) is 0.254. The van der Waals surface area contributed by atoms with E-state index in [1.807, 2.05) is 0 Å². The fourth-order valence-electron chi connectivity index (χ4n) is 2.01. The van der Waals surface area contributed by atoms with Crippen molar-refractivity contribution in [1.82, 2.24) is 5.32 Å². The van der Waals surface area contributed by atoms with E-state index in [0.29, 0.717) is 0 Å². The SMILES string of the molecule is C=CCNC(=O)c1ccccc1NS(=O)(=O)c1ccc(C(=O)O)cc1. The van der Waals surface area contributed by atoms with Gasteiger partial charge in [-0.3, -0.25) is 9.52 Å². The zero-order valence-electron chi connectivity index (χ0n) is 13.1. The molecule has 0 fully saturated rings.